The fourth-order valence-corrected chi connectivity index (χ4v) is 9.81. The molecule has 0 aromatic carbocycles. The number of carbonyl (C=O) groups excluding carboxylic acids is 3. The van der Waals surface area contributed by atoms with Gasteiger partial charge in [-0.2, -0.15) is 0 Å². The van der Waals surface area contributed by atoms with Crippen molar-refractivity contribution in [3.05, 3.63) is 72.9 Å². The van der Waals surface area contributed by atoms with Gasteiger partial charge in [0, 0.05) is 19.3 Å². The normalized spacial score (nSPS) is 18.2. The minimum Gasteiger partial charge on any atom is -0.479 e. The number of unbranched alkanes of at least 4 members (excludes halogenated alkanes) is 30. The monoisotopic (exact) mass is 1140 g/mol. The number of hydrogen-bond acceptors (Lipinski definition) is 11. The highest BCUT2D eigenvalue weighted by Crippen LogP contribution is 2.27. The number of hydrogen-bond donors (Lipinski definition) is 3. The van der Waals surface area contributed by atoms with Gasteiger partial charge in [0.25, 0.3) is 0 Å². The van der Waals surface area contributed by atoms with Crippen molar-refractivity contribution in [2.24, 2.45) is 0 Å². The molecule has 81 heavy (non-hydrogen) atoms. The lowest BCUT2D eigenvalue weighted by atomic mass is 9.98. The van der Waals surface area contributed by atoms with Gasteiger partial charge >= 0.3 is 23.9 Å². The zero-order valence-corrected chi connectivity index (χ0v) is 51.5. The van der Waals surface area contributed by atoms with Crippen molar-refractivity contribution in [2.45, 2.75) is 327 Å². The predicted octanol–water partition coefficient (Wildman–Crippen LogP) is 17.7. The summed E-state index contributed by atoms with van der Waals surface area (Å²) in [4.78, 5) is 51.3. The topological polar surface area (TPSA) is 175 Å². The third-order valence-corrected chi connectivity index (χ3v) is 14.8. The molecular formula is C69H118O12. The van der Waals surface area contributed by atoms with Crippen molar-refractivity contribution in [3.8, 4) is 0 Å². The molecule has 0 bridgehead atoms. The van der Waals surface area contributed by atoms with Crippen LogP contribution in [0, 0.1) is 0 Å². The lowest BCUT2D eigenvalue weighted by Crippen LogP contribution is -2.61. The van der Waals surface area contributed by atoms with E-state index < -0.39 is 67.3 Å². The summed E-state index contributed by atoms with van der Waals surface area (Å²) in [5.41, 5.74) is 0. The molecule has 1 aliphatic rings. The molecule has 6 unspecified atom stereocenters. The maximum Gasteiger partial charge on any atom is 0.335 e. The molecule has 0 aliphatic carbocycles. The Bertz CT molecular complexity index is 1680. The summed E-state index contributed by atoms with van der Waals surface area (Å²) in [6, 6.07) is 0. The molecule has 0 radical (unpaired) electrons. The summed E-state index contributed by atoms with van der Waals surface area (Å²) < 4.78 is 28.5. The maximum atomic E-state index is 13.2. The van der Waals surface area contributed by atoms with E-state index in [1.54, 1.807) is 0 Å². The van der Waals surface area contributed by atoms with Gasteiger partial charge in [-0.25, -0.2) is 4.79 Å². The first kappa shape index (κ1) is 75.2. The van der Waals surface area contributed by atoms with E-state index in [1.807, 2.05) is 0 Å². The van der Waals surface area contributed by atoms with Crippen LogP contribution in [0.3, 0.4) is 0 Å². The quantitative estimate of drug-likeness (QED) is 0.0228. The summed E-state index contributed by atoms with van der Waals surface area (Å²) >= 11 is 0. The van der Waals surface area contributed by atoms with Gasteiger partial charge < -0.3 is 39.0 Å². The molecule has 466 valence electrons. The van der Waals surface area contributed by atoms with Crippen molar-refractivity contribution in [1.82, 2.24) is 0 Å². The number of carboxylic acids is 1. The molecule has 1 aliphatic heterocycles. The largest absolute Gasteiger partial charge is 0.479 e. The number of carboxylic acid groups (broad SMARTS) is 1. The van der Waals surface area contributed by atoms with Crippen molar-refractivity contribution in [3.63, 3.8) is 0 Å². The van der Waals surface area contributed by atoms with Gasteiger partial charge in [0.05, 0.1) is 6.61 Å². The Morgan fingerprint density at radius 1 is 0.420 bits per heavy atom. The van der Waals surface area contributed by atoms with Gasteiger partial charge in [-0.05, 0) is 83.5 Å². The molecule has 1 rings (SSSR count). The van der Waals surface area contributed by atoms with Crippen molar-refractivity contribution >= 4 is 23.9 Å². The van der Waals surface area contributed by atoms with Crippen LogP contribution >= 0.6 is 0 Å². The van der Waals surface area contributed by atoms with Crippen LogP contribution in [0.25, 0.3) is 0 Å². The first-order valence-electron chi connectivity index (χ1n) is 32.9. The molecule has 1 saturated heterocycles. The van der Waals surface area contributed by atoms with Crippen LogP contribution in [0.4, 0.5) is 0 Å². The summed E-state index contributed by atoms with van der Waals surface area (Å²) in [5.74, 6) is -3.14. The maximum absolute atomic E-state index is 13.2. The SMILES string of the molecule is CC/C=C\C/C=C\C/C=C\CCCCCCCCCC(=O)OC(COC(=O)CCCCCCCCCCCCCCCCCCCCC)COC1OC(C(=O)O)C(O)C(O)C1OC(=O)CCCCCCC/C=C\C/C=C\C/C=C\CC. The van der Waals surface area contributed by atoms with E-state index in [9.17, 15) is 34.5 Å². The van der Waals surface area contributed by atoms with Gasteiger partial charge in [0.2, 0.25) is 0 Å². The minimum absolute atomic E-state index is 0.0392. The van der Waals surface area contributed by atoms with Crippen LogP contribution in [0.5, 0.6) is 0 Å². The van der Waals surface area contributed by atoms with Gasteiger partial charge in [0.1, 0.15) is 18.8 Å². The van der Waals surface area contributed by atoms with Crippen molar-refractivity contribution < 1.29 is 58.2 Å². The van der Waals surface area contributed by atoms with Gasteiger partial charge in [-0.1, -0.05) is 261 Å². The number of aliphatic hydroxyl groups is 2. The molecular weight excluding hydrogens is 1020 g/mol. The molecule has 1 fully saturated rings. The first-order valence-corrected chi connectivity index (χ1v) is 32.9. The summed E-state index contributed by atoms with van der Waals surface area (Å²) in [5, 5.41) is 31.6. The number of rotatable bonds is 56. The Kier molecular flexibility index (Phi) is 52.6. The average molecular weight is 1140 g/mol. The third-order valence-electron chi connectivity index (χ3n) is 14.8. The van der Waals surface area contributed by atoms with Crippen LogP contribution in [-0.2, 0) is 42.9 Å². The van der Waals surface area contributed by atoms with E-state index in [4.69, 9.17) is 23.7 Å². The Morgan fingerprint density at radius 3 is 1.19 bits per heavy atom. The van der Waals surface area contributed by atoms with E-state index in [1.165, 1.54) is 96.3 Å². The number of aliphatic carboxylic acids is 1. The van der Waals surface area contributed by atoms with Crippen LogP contribution in [0.15, 0.2) is 72.9 Å². The summed E-state index contributed by atoms with van der Waals surface area (Å²) in [6.45, 7) is 5.80. The Labute approximate surface area is 493 Å². The van der Waals surface area contributed by atoms with Gasteiger partial charge in [0.15, 0.2) is 24.6 Å². The molecule has 0 amide bonds. The Hall–Kier alpha value is -3.84. The summed E-state index contributed by atoms with van der Waals surface area (Å²) in [6.07, 6.45) is 60.0. The molecule has 0 aromatic rings. The fourth-order valence-electron chi connectivity index (χ4n) is 9.81. The lowest BCUT2D eigenvalue weighted by molar-refractivity contribution is -0.301. The van der Waals surface area contributed by atoms with Crippen molar-refractivity contribution in [2.75, 3.05) is 13.2 Å². The van der Waals surface area contributed by atoms with Gasteiger partial charge in [-0.3, -0.25) is 14.4 Å². The highest BCUT2D eigenvalue weighted by Gasteiger charge is 2.50. The predicted molar refractivity (Wildman–Crippen MR) is 331 cm³/mol. The van der Waals surface area contributed by atoms with Crippen LogP contribution in [0.1, 0.15) is 290 Å². The van der Waals surface area contributed by atoms with Crippen LogP contribution in [-0.4, -0.2) is 89.2 Å². The third kappa shape index (κ3) is 46.3. The molecule has 0 saturated carbocycles. The van der Waals surface area contributed by atoms with E-state index in [2.05, 4.69) is 93.7 Å². The molecule has 12 nitrogen and oxygen atoms in total. The smallest absolute Gasteiger partial charge is 0.335 e. The fraction of sp³-hybridized carbons (Fsp3) is 0.768. The minimum atomic E-state index is -1.91. The average Bonchev–Trinajstić information content (AvgIpc) is 3.52. The van der Waals surface area contributed by atoms with Gasteiger partial charge in [-0.15, -0.1) is 0 Å². The van der Waals surface area contributed by atoms with E-state index in [0.717, 1.165) is 135 Å². The standard InChI is InChI=1S/C69H118O12/c1-4-7-10-13-16-19-22-25-28-30-31-33-35-37-40-43-46-49-52-55-61(70)77-58-60(79-62(71)56-53-50-47-44-41-39-36-32-29-26-23-20-17-14-11-8-5-2)59-78-69-67(65(74)64(73)66(81-69)68(75)76)80-63(72)57-54-51-48-45-42-38-34-27-24-21-18-15-12-9-6-3/h8-9,11-12,17-18,20-21,26-27,29,34,60,64-67,69,73-74H,4-7,10,13-16,19,22-25,28,30-33,35-59H2,1-3H3,(H,75,76)/b11-8-,12-9-,20-17-,21-18-,29-26-,34-27-. The van der Waals surface area contributed by atoms with Crippen LogP contribution in [0.2, 0.25) is 0 Å². The second kappa shape index (κ2) is 56.6. The second-order valence-corrected chi connectivity index (χ2v) is 22.3. The van der Waals surface area contributed by atoms with E-state index in [-0.39, 0.29) is 25.9 Å². The number of esters is 3. The highest BCUT2D eigenvalue weighted by molar-refractivity contribution is 5.74. The molecule has 0 spiro atoms. The summed E-state index contributed by atoms with van der Waals surface area (Å²) in [7, 11) is 0. The van der Waals surface area contributed by atoms with Crippen molar-refractivity contribution in [1.29, 1.82) is 0 Å². The molecule has 6 atom stereocenters. The molecule has 12 heteroatoms. The zero-order valence-electron chi connectivity index (χ0n) is 51.5. The van der Waals surface area contributed by atoms with Crippen LogP contribution < -0.4 is 0 Å². The number of aliphatic hydroxyl groups excluding tert-OH is 2. The number of allylic oxidation sites excluding steroid dienone is 12. The molecule has 0 aromatic heterocycles. The second-order valence-electron chi connectivity index (χ2n) is 22.3. The van der Waals surface area contributed by atoms with E-state index >= 15 is 0 Å². The Morgan fingerprint density at radius 2 is 0.778 bits per heavy atom. The zero-order chi connectivity index (χ0) is 58.9. The van der Waals surface area contributed by atoms with E-state index in [0.29, 0.717) is 19.3 Å². The molecule has 1 heterocycles. The Balaban J connectivity index is 2.65. The number of carbonyl (C=O) groups is 4. The lowest BCUT2D eigenvalue weighted by Gasteiger charge is -2.40. The number of ether oxygens (including phenoxy) is 5. The highest BCUT2D eigenvalue weighted by atomic mass is 16.7. The molecule has 3 N–H and O–H groups in total. The first-order chi connectivity index (χ1) is 39.6.